The molecule has 0 radical (unpaired) electrons. The maximum atomic E-state index is 5.60. The number of thiophene rings is 1. The molecule has 1 aliphatic heterocycles. The standard InChI is InChI=1S/C13H21NOS2/c1-11(13-5-3-8-17-13)14-6-9-16-10-12-4-2-7-15-12/h3,5,8,11-12,14H,2,4,6-7,9-10H2,1H3. The lowest BCUT2D eigenvalue weighted by atomic mass is 10.3. The van der Waals surface area contributed by atoms with Crippen LogP contribution in [0.5, 0.6) is 0 Å². The van der Waals surface area contributed by atoms with Crippen LogP contribution in [0.4, 0.5) is 0 Å². The highest BCUT2D eigenvalue weighted by Gasteiger charge is 2.14. The quantitative estimate of drug-likeness (QED) is 0.769. The third-order valence-corrected chi connectivity index (χ3v) is 5.15. The maximum absolute atomic E-state index is 5.60. The SMILES string of the molecule is CC(NCCSCC1CCCO1)c1cccs1. The van der Waals surface area contributed by atoms with E-state index in [2.05, 4.69) is 29.8 Å². The molecule has 0 amide bonds. The van der Waals surface area contributed by atoms with E-state index in [1.165, 1.54) is 23.5 Å². The predicted molar refractivity (Wildman–Crippen MR) is 77.0 cm³/mol. The number of ether oxygens (including phenoxy) is 1. The first kappa shape index (κ1) is 13.4. The minimum absolute atomic E-state index is 0.485. The van der Waals surface area contributed by atoms with Crippen LogP contribution in [0.2, 0.25) is 0 Å². The normalized spacial score (nSPS) is 21.8. The van der Waals surface area contributed by atoms with Crippen molar-refractivity contribution in [3.05, 3.63) is 22.4 Å². The Hall–Kier alpha value is -0.0300. The van der Waals surface area contributed by atoms with E-state index >= 15 is 0 Å². The molecular weight excluding hydrogens is 250 g/mol. The summed E-state index contributed by atoms with van der Waals surface area (Å²) in [4.78, 5) is 1.43. The molecule has 0 bridgehead atoms. The molecule has 1 saturated heterocycles. The van der Waals surface area contributed by atoms with Crippen molar-refractivity contribution in [2.24, 2.45) is 0 Å². The van der Waals surface area contributed by atoms with E-state index in [0.29, 0.717) is 12.1 Å². The van der Waals surface area contributed by atoms with Gasteiger partial charge in [-0.1, -0.05) is 6.07 Å². The number of rotatable bonds is 7. The van der Waals surface area contributed by atoms with E-state index in [1.807, 2.05) is 23.1 Å². The van der Waals surface area contributed by atoms with Gasteiger partial charge in [0.25, 0.3) is 0 Å². The van der Waals surface area contributed by atoms with Crippen molar-refractivity contribution in [3.63, 3.8) is 0 Å². The first-order valence-corrected chi connectivity index (χ1v) is 8.36. The number of hydrogen-bond acceptors (Lipinski definition) is 4. The monoisotopic (exact) mass is 271 g/mol. The Bertz CT molecular complexity index is 296. The summed E-state index contributed by atoms with van der Waals surface area (Å²) in [6.07, 6.45) is 3.03. The summed E-state index contributed by atoms with van der Waals surface area (Å²) >= 11 is 3.83. The Kier molecular flexibility index (Phi) is 5.85. The average Bonchev–Trinajstić information content (AvgIpc) is 3.01. The Labute approximate surface area is 112 Å². The van der Waals surface area contributed by atoms with Crippen molar-refractivity contribution < 1.29 is 4.74 Å². The smallest absolute Gasteiger partial charge is 0.0666 e. The van der Waals surface area contributed by atoms with Crippen LogP contribution in [0, 0.1) is 0 Å². The van der Waals surface area contributed by atoms with Gasteiger partial charge in [0.2, 0.25) is 0 Å². The summed E-state index contributed by atoms with van der Waals surface area (Å²) in [5.74, 6) is 2.34. The van der Waals surface area contributed by atoms with Crippen LogP contribution in [-0.2, 0) is 4.74 Å². The van der Waals surface area contributed by atoms with Gasteiger partial charge < -0.3 is 10.1 Å². The molecule has 2 rings (SSSR count). The fourth-order valence-corrected chi connectivity index (χ4v) is 3.69. The summed E-state index contributed by atoms with van der Waals surface area (Å²) in [5, 5.41) is 5.70. The van der Waals surface area contributed by atoms with Crippen molar-refractivity contribution in [1.29, 1.82) is 0 Å². The lowest BCUT2D eigenvalue weighted by Gasteiger charge is -2.12. The topological polar surface area (TPSA) is 21.3 Å². The Morgan fingerprint density at radius 2 is 2.59 bits per heavy atom. The van der Waals surface area contributed by atoms with Crippen molar-refractivity contribution in [2.45, 2.75) is 31.9 Å². The van der Waals surface area contributed by atoms with E-state index in [1.54, 1.807) is 0 Å². The molecular formula is C13H21NOS2. The summed E-state index contributed by atoms with van der Waals surface area (Å²) in [6, 6.07) is 4.80. The molecule has 17 heavy (non-hydrogen) atoms. The van der Waals surface area contributed by atoms with Crippen LogP contribution in [0.15, 0.2) is 17.5 Å². The molecule has 0 saturated carbocycles. The first-order valence-electron chi connectivity index (χ1n) is 6.32. The second-order valence-electron chi connectivity index (χ2n) is 4.40. The lowest BCUT2D eigenvalue weighted by molar-refractivity contribution is 0.129. The molecule has 2 nitrogen and oxygen atoms in total. The fourth-order valence-electron chi connectivity index (χ4n) is 1.98. The molecule has 96 valence electrons. The second-order valence-corrected chi connectivity index (χ2v) is 6.53. The average molecular weight is 271 g/mol. The van der Waals surface area contributed by atoms with Gasteiger partial charge in [-0.05, 0) is 31.2 Å². The molecule has 1 aliphatic rings. The van der Waals surface area contributed by atoms with Gasteiger partial charge in [-0.15, -0.1) is 11.3 Å². The van der Waals surface area contributed by atoms with Gasteiger partial charge in [0.15, 0.2) is 0 Å². The fraction of sp³-hybridized carbons (Fsp3) is 0.692. The largest absolute Gasteiger partial charge is 0.377 e. The molecule has 4 heteroatoms. The van der Waals surface area contributed by atoms with Crippen molar-refractivity contribution >= 4 is 23.1 Å². The highest BCUT2D eigenvalue weighted by atomic mass is 32.2. The third-order valence-electron chi connectivity index (χ3n) is 2.99. The van der Waals surface area contributed by atoms with Crippen molar-refractivity contribution in [3.8, 4) is 0 Å². The van der Waals surface area contributed by atoms with Crippen LogP contribution in [-0.4, -0.2) is 30.8 Å². The summed E-state index contributed by atoms with van der Waals surface area (Å²) in [6.45, 7) is 4.28. The molecule has 1 fully saturated rings. The molecule has 2 heterocycles. The Balaban J connectivity index is 1.51. The summed E-state index contributed by atoms with van der Waals surface area (Å²) in [7, 11) is 0. The minimum Gasteiger partial charge on any atom is -0.377 e. The molecule has 2 atom stereocenters. The molecule has 0 aromatic carbocycles. The van der Waals surface area contributed by atoms with E-state index < -0.39 is 0 Å². The van der Waals surface area contributed by atoms with E-state index in [4.69, 9.17) is 4.74 Å². The second kappa shape index (κ2) is 7.41. The molecule has 1 aromatic heterocycles. The highest BCUT2D eigenvalue weighted by molar-refractivity contribution is 7.99. The van der Waals surface area contributed by atoms with Gasteiger partial charge in [0.1, 0.15) is 0 Å². The van der Waals surface area contributed by atoms with E-state index in [9.17, 15) is 0 Å². The van der Waals surface area contributed by atoms with Crippen LogP contribution in [0.1, 0.15) is 30.7 Å². The zero-order valence-corrected chi connectivity index (χ0v) is 12.0. The van der Waals surface area contributed by atoms with Gasteiger partial charge in [0, 0.05) is 35.6 Å². The van der Waals surface area contributed by atoms with Crippen molar-refractivity contribution in [2.75, 3.05) is 24.7 Å². The number of nitrogens with one attached hydrogen (secondary N) is 1. The van der Waals surface area contributed by atoms with Crippen LogP contribution in [0.3, 0.4) is 0 Å². The molecule has 1 aromatic rings. The number of thioether (sulfide) groups is 1. The van der Waals surface area contributed by atoms with Gasteiger partial charge in [-0.2, -0.15) is 11.8 Å². The lowest BCUT2D eigenvalue weighted by Crippen LogP contribution is -2.21. The van der Waals surface area contributed by atoms with E-state index in [0.717, 1.165) is 18.9 Å². The van der Waals surface area contributed by atoms with Gasteiger partial charge >= 0.3 is 0 Å². The van der Waals surface area contributed by atoms with Gasteiger partial charge in [-0.25, -0.2) is 0 Å². The number of hydrogen-bond donors (Lipinski definition) is 1. The Morgan fingerprint density at radius 3 is 3.29 bits per heavy atom. The maximum Gasteiger partial charge on any atom is 0.0666 e. The van der Waals surface area contributed by atoms with E-state index in [-0.39, 0.29) is 0 Å². The molecule has 0 spiro atoms. The van der Waals surface area contributed by atoms with Crippen LogP contribution < -0.4 is 5.32 Å². The third kappa shape index (κ3) is 4.62. The highest BCUT2D eigenvalue weighted by Crippen LogP contribution is 2.19. The Morgan fingerprint density at radius 1 is 1.65 bits per heavy atom. The molecule has 0 aliphatic carbocycles. The zero-order valence-electron chi connectivity index (χ0n) is 10.4. The zero-order chi connectivity index (χ0) is 11.9. The molecule has 2 unspecified atom stereocenters. The van der Waals surface area contributed by atoms with Crippen LogP contribution >= 0.6 is 23.1 Å². The minimum atomic E-state index is 0.485. The predicted octanol–water partition coefficient (Wildman–Crippen LogP) is 3.31. The summed E-state index contributed by atoms with van der Waals surface area (Å²) < 4.78 is 5.60. The summed E-state index contributed by atoms with van der Waals surface area (Å²) in [5.41, 5.74) is 0. The van der Waals surface area contributed by atoms with Crippen LogP contribution in [0.25, 0.3) is 0 Å². The van der Waals surface area contributed by atoms with Crippen molar-refractivity contribution in [1.82, 2.24) is 5.32 Å². The first-order chi connectivity index (χ1) is 8.36. The molecule has 1 N–H and O–H groups in total. The van der Waals surface area contributed by atoms with Gasteiger partial charge in [-0.3, -0.25) is 0 Å². The van der Waals surface area contributed by atoms with Gasteiger partial charge in [0.05, 0.1) is 6.10 Å².